The van der Waals surface area contributed by atoms with Crippen molar-refractivity contribution >= 4 is 69.9 Å². The molecule has 1 fully saturated rings. The zero-order valence-electron chi connectivity index (χ0n) is 18.7. The number of nitrogens with zero attached hydrogens (tertiary/aromatic N) is 5. The monoisotopic (exact) mass is 564 g/mol. The lowest BCUT2D eigenvalue weighted by Gasteiger charge is -2.33. The molecule has 4 rings (SSSR count). The van der Waals surface area contributed by atoms with Gasteiger partial charge in [0, 0.05) is 5.56 Å². The van der Waals surface area contributed by atoms with Gasteiger partial charge in [0.15, 0.2) is 5.17 Å². The van der Waals surface area contributed by atoms with Crippen molar-refractivity contribution in [2.45, 2.75) is 6.36 Å². The van der Waals surface area contributed by atoms with E-state index < -0.39 is 6.36 Å². The van der Waals surface area contributed by atoms with Crippen LogP contribution in [0.4, 0.5) is 24.5 Å². The quantitative estimate of drug-likeness (QED) is 0.193. The lowest BCUT2D eigenvalue weighted by Crippen LogP contribution is -2.38. The van der Waals surface area contributed by atoms with Crippen LogP contribution >= 0.6 is 35.0 Å². The molecule has 0 aromatic heterocycles. The number of hydrogen-bond acceptors (Lipinski definition) is 5. The number of ether oxygens (including phenoxy) is 1. The fourth-order valence-electron chi connectivity index (χ4n) is 3.03. The van der Waals surface area contributed by atoms with Crippen LogP contribution in [0.5, 0.6) is 5.75 Å². The molecule has 0 spiro atoms. The summed E-state index contributed by atoms with van der Waals surface area (Å²) in [5, 5.41) is 10.1. The van der Waals surface area contributed by atoms with Crippen molar-refractivity contribution in [3.63, 3.8) is 0 Å². The van der Waals surface area contributed by atoms with E-state index in [1.165, 1.54) is 30.2 Å². The summed E-state index contributed by atoms with van der Waals surface area (Å²) < 4.78 is 40.5. The number of rotatable bonds is 7. The van der Waals surface area contributed by atoms with Crippen LogP contribution in [0.3, 0.4) is 0 Å². The maximum Gasteiger partial charge on any atom is 0.573 e. The molecular formula is C24H17Cl2F3N6OS. The van der Waals surface area contributed by atoms with Crippen molar-refractivity contribution in [2.75, 3.05) is 10.8 Å². The Labute approximate surface area is 224 Å². The highest BCUT2D eigenvalue weighted by Gasteiger charge is 2.31. The summed E-state index contributed by atoms with van der Waals surface area (Å²) in [5.41, 5.74) is 8.53. The van der Waals surface area contributed by atoms with Crippen molar-refractivity contribution in [3.8, 4) is 5.75 Å². The molecule has 37 heavy (non-hydrogen) atoms. The van der Waals surface area contributed by atoms with E-state index in [0.717, 1.165) is 17.7 Å². The predicted octanol–water partition coefficient (Wildman–Crippen LogP) is 6.86. The van der Waals surface area contributed by atoms with Gasteiger partial charge in [-0.15, -0.1) is 18.3 Å². The van der Waals surface area contributed by atoms with Gasteiger partial charge in [-0.25, -0.2) is 9.98 Å². The first-order valence-corrected chi connectivity index (χ1v) is 12.2. The Balaban J connectivity index is 1.35. The van der Waals surface area contributed by atoms with Crippen molar-refractivity contribution in [1.82, 2.24) is 0 Å². The van der Waals surface area contributed by atoms with Crippen LogP contribution in [0, 0.1) is 0 Å². The van der Waals surface area contributed by atoms with Crippen molar-refractivity contribution in [3.05, 3.63) is 87.9 Å². The second-order valence-corrected chi connectivity index (χ2v) is 9.05. The maximum atomic E-state index is 12.2. The number of aliphatic imine (C=N–C) groups is 2. The second kappa shape index (κ2) is 11.7. The van der Waals surface area contributed by atoms with Crippen molar-refractivity contribution in [1.29, 1.82) is 0 Å². The van der Waals surface area contributed by atoms with Gasteiger partial charge in [0.2, 0.25) is 0 Å². The highest BCUT2D eigenvalue weighted by Crippen LogP contribution is 2.40. The fraction of sp³-hybridized carbons (Fsp3) is 0.0833. The third-order valence-electron chi connectivity index (χ3n) is 4.79. The highest BCUT2D eigenvalue weighted by molar-refractivity contribution is 8.16. The number of alkyl halides is 3. The minimum Gasteiger partial charge on any atom is -0.406 e. The zero-order valence-corrected chi connectivity index (χ0v) is 21.1. The van der Waals surface area contributed by atoms with E-state index in [-0.39, 0.29) is 11.6 Å². The van der Waals surface area contributed by atoms with Crippen LogP contribution in [0.15, 0.2) is 86.9 Å². The molecule has 0 aliphatic carbocycles. The Morgan fingerprint density at radius 2 is 1.68 bits per heavy atom. The third-order valence-corrected chi connectivity index (χ3v) is 6.35. The minimum absolute atomic E-state index is 0.211. The molecule has 190 valence electrons. The normalized spacial score (nSPS) is 15.5. The SMILES string of the molecule is NC(=NC=Nc1ccc(OC(F)(F)F)cc1)c1ccc(/C=N/N=C2\SCN2c2c(Cl)cccc2Cl)cc1. The number of thioether (sulfide) groups is 1. The van der Waals surface area contributed by atoms with Crippen molar-refractivity contribution < 1.29 is 17.9 Å². The van der Waals surface area contributed by atoms with E-state index in [2.05, 4.69) is 24.9 Å². The van der Waals surface area contributed by atoms with Crippen LogP contribution in [-0.4, -0.2) is 35.8 Å². The Hall–Kier alpha value is -3.54. The molecule has 1 aliphatic heterocycles. The van der Waals surface area contributed by atoms with Crippen LogP contribution in [0.1, 0.15) is 11.1 Å². The molecule has 0 unspecified atom stereocenters. The number of halogens is 5. The average molecular weight is 565 g/mol. The van der Waals surface area contributed by atoms with Gasteiger partial charge in [0.05, 0.1) is 33.5 Å². The maximum absolute atomic E-state index is 12.2. The van der Waals surface area contributed by atoms with E-state index in [9.17, 15) is 13.2 Å². The lowest BCUT2D eigenvalue weighted by molar-refractivity contribution is -0.274. The molecule has 3 aromatic carbocycles. The fourth-order valence-corrected chi connectivity index (χ4v) is 4.33. The van der Waals surface area contributed by atoms with E-state index in [4.69, 9.17) is 28.9 Å². The predicted molar refractivity (Wildman–Crippen MR) is 145 cm³/mol. The first-order valence-electron chi connectivity index (χ1n) is 10.5. The van der Waals surface area contributed by atoms with Gasteiger partial charge in [-0.1, -0.05) is 65.3 Å². The molecule has 13 heteroatoms. The molecule has 0 radical (unpaired) electrons. The zero-order chi connectivity index (χ0) is 26.4. The van der Waals surface area contributed by atoms with Gasteiger partial charge < -0.3 is 15.4 Å². The summed E-state index contributed by atoms with van der Waals surface area (Å²) in [6.45, 7) is 0. The van der Waals surface area contributed by atoms with Crippen LogP contribution in [0.25, 0.3) is 0 Å². The lowest BCUT2D eigenvalue weighted by atomic mass is 10.1. The summed E-state index contributed by atoms with van der Waals surface area (Å²) in [5.74, 6) is 0.549. The molecule has 2 N–H and O–H groups in total. The molecule has 0 atom stereocenters. The van der Waals surface area contributed by atoms with E-state index in [1.54, 1.807) is 48.7 Å². The van der Waals surface area contributed by atoms with E-state index in [1.807, 2.05) is 4.90 Å². The summed E-state index contributed by atoms with van der Waals surface area (Å²) in [6.07, 6.45) is -1.93. The molecule has 0 amide bonds. The van der Waals surface area contributed by atoms with Gasteiger partial charge in [0.1, 0.15) is 17.9 Å². The Morgan fingerprint density at radius 1 is 1.00 bits per heavy atom. The summed E-state index contributed by atoms with van der Waals surface area (Å²) in [6, 6.07) is 17.5. The van der Waals surface area contributed by atoms with Gasteiger partial charge in [-0.2, -0.15) is 5.10 Å². The first kappa shape index (κ1) is 26.5. The topological polar surface area (TPSA) is 87.9 Å². The molecule has 1 saturated heterocycles. The average Bonchev–Trinajstić information content (AvgIpc) is 2.84. The Morgan fingerprint density at radius 3 is 2.27 bits per heavy atom. The molecular weight excluding hydrogens is 548 g/mol. The van der Waals surface area contributed by atoms with Gasteiger partial charge >= 0.3 is 6.36 Å². The molecule has 3 aromatic rings. The third kappa shape index (κ3) is 7.25. The number of nitrogens with two attached hydrogens (primary N) is 1. The first-order chi connectivity index (χ1) is 17.7. The van der Waals surface area contributed by atoms with Crippen LogP contribution in [0.2, 0.25) is 10.0 Å². The number of anilines is 1. The Kier molecular flexibility index (Phi) is 8.37. The van der Waals surface area contributed by atoms with Gasteiger partial charge in [-0.3, -0.25) is 0 Å². The van der Waals surface area contributed by atoms with Gasteiger partial charge in [-0.05, 0) is 42.0 Å². The number of amidine groups is 2. The van der Waals surface area contributed by atoms with Crippen LogP contribution < -0.4 is 15.4 Å². The largest absolute Gasteiger partial charge is 0.573 e. The number of para-hydroxylation sites is 1. The summed E-state index contributed by atoms with van der Waals surface area (Å²) >= 11 is 14.1. The smallest absolute Gasteiger partial charge is 0.406 e. The Bertz CT molecular complexity index is 1360. The molecule has 1 heterocycles. The van der Waals surface area contributed by atoms with E-state index >= 15 is 0 Å². The van der Waals surface area contributed by atoms with Gasteiger partial charge in [0.25, 0.3) is 0 Å². The number of hydrogen-bond donors (Lipinski definition) is 1. The van der Waals surface area contributed by atoms with Crippen molar-refractivity contribution in [2.24, 2.45) is 25.9 Å². The molecule has 0 saturated carbocycles. The van der Waals surface area contributed by atoms with Crippen LogP contribution in [-0.2, 0) is 0 Å². The molecule has 7 nitrogen and oxygen atoms in total. The highest BCUT2D eigenvalue weighted by atomic mass is 35.5. The molecule has 0 bridgehead atoms. The standard InChI is InChI=1S/C24H17Cl2F3N6OS/c25-19-2-1-3-20(26)21(19)35-14-37-23(35)34-33-12-15-4-6-16(7-5-15)22(30)32-13-31-17-8-10-18(11-9-17)36-24(27,28)29/h1-13H,14H2,(H2,30,31,32)/b33-12+,34-23-. The minimum atomic E-state index is -4.75. The van der Waals surface area contributed by atoms with E-state index in [0.29, 0.717) is 38.0 Å². The summed E-state index contributed by atoms with van der Waals surface area (Å²) in [7, 11) is 0. The second-order valence-electron chi connectivity index (χ2n) is 7.32. The molecule has 1 aliphatic rings. The number of benzene rings is 3. The summed E-state index contributed by atoms with van der Waals surface area (Å²) in [4.78, 5) is 10.00.